The number of thioether (sulfide) groups is 1. The van der Waals surface area contributed by atoms with Crippen LogP contribution in [0.25, 0.3) is 0 Å². The van der Waals surface area contributed by atoms with Crippen LogP contribution in [0.15, 0.2) is 30.3 Å². The molecule has 40 heavy (non-hydrogen) atoms. The molecule has 3 amide bonds. The molecule has 0 spiro atoms. The van der Waals surface area contributed by atoms with Gasteiger partial charge in [0.2, 0.25) is 24.5 Å². The van der Waals surface area contributed by atoms with Crippen LogP contribution in [0.3, 0.4) is 0 Å². The Morgan fingerprint density at radius 3 is 2.25 bits per heavy atom. The van der Waals surface area contributed by atoms with Gasteiger partial charge in [-0.2, -0.15) is 0 Å². The summed E-state index contributed by atoms with van der Waals surface area (Å²) in [5, 5.41) is 1.07. The maximum absolute atomic E-state index is 13.0. The number of hydrogen-bond donors (Lipinski definition) is 2. The molecular weight excluding hydrogens is 564 g/mol. The number of benzene rings is 1. The number of sulfone groups is 1. The van der Waals surface area contributed by atoms with E-state index in [4.69, 9.17) is 15.2 Å². The van der Waals surface area contributed by atoms with Crippen molar-refractivity contribution in [3.8, 4) is 0 Å². The summed E-state index contributed by atoms with van der Waals surface area (Å²) in [5.74, 6) is -3.32. The van der Waals surface area contributed by atoms with Gasteiger partial charge in [-0.3, -0.25) is 14.4 Å². The predicted octanol–water partition coefficient (Wildman–Crippen LogP) is -0.589. The van der Waals surface area contributed by atoms with Crippen molar-refractivity contribution in [3.63, 3.8) is 0 Å². The third-order valence-corrected chi connectivity index (χ3v) is 12.4. The highest BCUT2D eigenvalue weighted by Gasteiger charge is 2.68. The van der Waals surface area contributed by atoms with Gasteiger partial charge in [0.25, 0.3) is 0 Å². The average Bonchev–Trinajstić information content (AvgIpc) is 3.22. The highest BCUT2D eigenvalue weighted by Crippen LogP contribution is 2.51. The number of hydrogen-bond acceptors (Lipinski definition) is 11. The third kappa shape index (κ3) is 4.08. The minimum atomic E-state index is -3.80. The fraction of sp³-hybridized carbons (Fsp3) is 0.560. The lowest BCUT2D eigenvalue weighted by atomic mass is 9.95. The number of esters is 2. The highest BCUT2D eigenvalue weighted by molar-refractivity contribution is 8.01. The molecular formula is C25H30N4O9S2. The second kappa shape index (κ2) is 9.45. The van der Waals surface area contributed by atoms with E-state index >= 15 is 0 Å². The van der Waals surface area contributed by atoms with Crippen LogP contribution in [0.1, 0.15) is 45.7 Å². The van der Waals surface area contributed by atoms with Crippen molar-refractivity contribution in [2.24, 2.45) is 5.73 Å². The number of carbonyl (C=O) groups is 5. The van der Waals surface area contributed by atoms with Gasteiger partial charge in [-0.1, -0.05) is 30.3 Å². The third-order valence-electron chi connectivity index (χ3n) is 8.00. The zero-order valence-corrected chi connectivity index (χ0v) is 23.9. The van der Waals surface area contributed by atoms with Crippen molar-refractivity contribution in [2.75, 3.05) is 6.79 Å². The van der Waals surface area contributed by atoms with E-state index < -0.39 is 90.7 Å². The molecule has 6 atom stereocenters. The minimum Gasteiger partial charge on any atom is -0.426 e. The smallest absolute Gasteiger partial charge is 0.333 e. The number of ether oxygens (including phenoxy) is 2. The molecule has 0 bridgehead atoms. The standard InChI is InChI=1S/C25H30N4O9S2/c1-24(2)17(29-20(32)16(21(29)39-24)27-19(31)15(26)12-8-6-5-7-9-12)22(33)37-11-38-23(34)18-25(3,4)40(35,36)14-10-13(30)28(14)18/h5-9,14-18,21H,10-11,26H2,1-4H3,(H,27,31)/t14-,15?,16?,17+,18+,21-/m1/s1. The number of fused-ring (bicyclic) bond motifs is 2. The van der Waals surface area contributed by atoms with Crippen LogP contribution in [0, 0.1) is 0 Å². The summed E-state index contributed by atoms with van der Waals surface area (Å²) in [6.45, 7) is 5.37. The maximum atomic E-state index is 13.0. The van der Waals surface area contributed by atoms with E-state index in [0.29, 0.717) is 5.56 Å². The molecule has 15 heteroatoms. The van der Waals surface area contributed by atoms with Crippen LogP contribution >= 0.6 is 11.8 Å². The number of amides is 3. The van der Waals surface area contributed by atoms with Gasteiger partial charge in [0.1, 0.15) is 34.9 Å². The Morgan fingerprint density at radius 2 is 1.65 bits per heavy atom. The Labute approximate surface area is 235 Å². The van der Waals surface area contributed by atoms with Gasteiger partial charge in [0.05, 0.1) is 11.2 Å². The highest BCUT2D eigenvalue weighted by atomic mass is 32.2. The quantitative estimate of drug-likeness (QED) is 0.234. The van der Waals surface area contributed by atoms with Crippen LogP contribution < -0.4 is 11.1 Å². The summed E-state index contributed by atoms with van der Waals surface area (Å²) in [6, 6.07) is 4.45. The summed E-state index contributed by atoms with van der Waals surface area (Å²) >= 11 is 1.31. The molecule has 5 rings (SSSR count). The first-order valence-electron chi connectivity index (χ1n) is 12.6. The number of β-lactam (4-membered cyclic amide) rings is 2. The molecule has 2 unspecified atom stereocenters. The molecule has 1 aromatic rings. The van der Waals surface area contributed by atoms with E-state index in [0.717, 1.165) is 4.90 Å². The van der Waals surface area contributed by atoms with Crippen LogP contribution in [0.2, 0.25) is 0 Å². The predicted molar refractivity (Wildman–Crippen MR) is 140 cm³/mol. The summed E-state index contributed by atoms with van der Waals surface area (Å²) in [6.07, 6.45) is -0.191. The number of carbonyl (C=O) groups excluding carboxylic acids is 5. The van der Waals surface area contributed by atoms with E-state index in [1.807, 2.05) is 0 Å². The molecule has 4 fully saturated rings. The lowest BCUT2D eigenvalue weighted by molar-refractivity contribution is -0.181. The van der Waals surface area contributed by atoms with Gasteiger partial charge in [0, 0.05) is 4.75 Å². The lowest BCUT2D eigenvalue weighted by Crippen LogP contribution is -2.71. The number of nitrogens with zero attached hydrogens (tertiary/aromatic N) is 2. The Bertz CT molecular complexity index is 1400. The first-order chi connectivity index (χ1) is 18.6. The molecule has 216 valence electrons. The molecule has 0 aromatic heterocycles. The Kier molecular flexibility index (Phi) is 6.70. The first-order valence-corrected chi connectivity index (χ1v) is 15.0. The second-order valence-corrected chi connectivity index (χ2v) is 15.6. The zero-order chi connectivity index (χ0) is 29.4. The second-order valence-electron chi connectivity index (χ2n) is 11.2. The molecule has 13 nitrogen and oxygen atoms in total. The topological polar surface area (TPSA) is 182 Å². The first kappa shape index (κ1) is 28.4. The summed E-state index contributed by atoms with van der Waals surface area (Å²) in [5.41, 5.74) is 6.64. The largest absolute Gasteiger partial charge is 0.426 e. The van der Waals surface area contributed by atoms with Gasteiger partial charge < -0.3 is 30.3 Å². The average molecular weight is 595 g/mol. The molecule has 0 radical (unpaired) electrons. The SMILES string of the molecule is CC1(C)S[C@@H]2C(NC(=O)C(N)c3ccccc3)C(=O)N2[C@H]1C(=O)OCOC(=O)[C@@H]1N2C(=O)C[C@H]2S(=O)(=O)C1(C)C. The van der Waals surface area contributed by atoms with Crippen molar-refractivity contribution < 1.29 is 41.9 Å². The monoisotopic (exact) mass is 594 g/mol. The van der Waals surface area contributed by atoms with Gasteiger partial charge in [0.15, 0.2) is 9.84 Å². The van der Waals surface area contributed by atoms with Crippen molar-refractivity contribution in [3.05, 3.63) is 35.9 Å². The summed E-state index contributed by atoms with van der Waals surface area (Å²) < 4.78 is 33.3. The summed E-state index contributed by atoms with van der Waals surface area (Å²) in [7, 11) is -3.80. The van der Waals surface area contributed by atoms with Crippen molar-refractivity contribution >= 4 is 51.3 Å². The molecule has 3 N–H and O–H groups in total. The van der Waals surface area contributed by atoms with Gasteiger partial charge >= 0.3 is 11.9 Å². The molecule has 1 aromatic carbocycles. The Balaban J connectivity index is 1.19. The van der Waals surface area contributed by atoms with Crippen LogP contribution in [-0.2, 0) is 43.3 Å². The fourth-order valence-electron chi connectivity index (χ4n) is 5.69. The van der Waals surface area contributed by atoms with E-state index in [-0.39, 0.29) is 6.42 Å². The van der Waals surface area contributed by atoms with E-state index in [1.165, 1.54) is 30.5 Å². The number of nitrogens with one attached hydrogen (secondary N) is 1. The Morgan fingerprint density at radius 1 is 1.05 bits per heavy atom. The molecule has 4 aliphatic heterocycles. The molecule has 0 aliphatic carbocycles. The molecule has 0 saturated carbocycles. The fourth-order valence-corrected chi connectivity index (χ4v) is 9.44. The van der Waals surface area contributed by atoms with Crippen molar-refractivity contribution in [2.45, 2.75) is 78.5 Å². The maximum Gasteiger partial charge on any atom is 0.333 e. The van der Waals surface area contributed by atoms with E-state index in [2.05, 4.69) is 5.32 Å². The van der Waals surface area contributed by atoms with Crippen LogP contribution in [0.4, 0.5) is 0 Å². The van der Waals surface area contributed by atoms with E-state index in [1.54, 1.807) is 44.2 Å². The minimum absolute atomic E-state index is 0.191. The normalized spacial score (nSPS) is 31.3. The summed E-state index contributed by atoms with van der Waals surface area (Å²) in [4.78, 5) is 65.9. The van der Waals surface area contributed by atoms with Crippen LogP contribution in [-0.4, -0.2) is 93.0 Å². The van der Waals surface area contributed by atoms with Gasteiger partial charge in [-0.05, 0) is 33.3 Å². The molecule has 4 saturated heterocycles. The lowest BCUT2D eigenvalue weighted by Gasteiger charge is -2.44. The van der Waals surface area contributed by atoms with Gasteiger partial charge in [-0.25, -0.2) is 18.0 Å². The van der Waals surface area contributed by atoms with Crippen molar-refractivity contribution in [1.29, 1.82) is 0 Å². The van der Waals surface area contributed by atoms with Gasteiger partial charge in [-0.15, -0.1) is 11.8 Å². The number of nitrogens with two attached hydrogens (primary N) is 1. The number of rotatable bonds is 7. The molecule has 4 aliphatic rings. The van der Waals surface area contributed by atoms with E-state index in [9.17, 15) is 32.4 Å². The molecule has 4 heterocycles. The zero-order valence-electron chi connectivity index (χ0n) is 22.2. The Hall–Kier alpha value is -3.17. The van der Waals surface area contributed by atoms with Crippen LogP contribution in [0.5, 0.6) is 0 Å². The van der Waals surface area contributed by atoms with Crippen molar-refractivity contribution in [1.82, 2.24) is 15.1 Å².